The molecular formula is C12H12IN7O. The number of anilines is 1. The van der Waals surface area contributed by atoms with Gasteiger partial charge in [0.05, 0.1) is 16.2 Å². The van der Waals surface area contributed by atoms with Crippen LogP contribution >= 0.6 is 22.6 Å². The molecule has 3 aromatic rings. The summed E-state index contributed by atoms with van der Waals surface area (Å²) in [4.78, 5) is 28.2. The maximum Gasteiger partial charge on any atom is 0.266 e. The van der Waals surface area contributed by atoms with Crippen LogP contribution < -0.4 is 11.3 Å². The van der Waals surface area contributed by atoms with E-state index < -0.39 is 0 Å². The molecule has 0 amide bonds. The van der Waals surface area contributed by atoms with Crippen LogP contribution in [0.3, 0.4) is 0 Å². The van der Waals surface area contributed by atoms with E-state index >= 15 is 0 Å². The molecule has 0 aliphatic heterocycles. The van der Waals surface area contributed by atoms with Gasteiger partial charge in [-0.05, 0) is 29.0 Å². The van der Waals surface area contributed by atoms with Gasteiger partial charge in [0, 0.05) is 19.3 Å². The summed E-state index contributed by atoms with van der Waals surface area (Å²) >= 11 is 1.99. The smallest absolute Gasteiger partial charge is 0.266 e. The summed E-state index contributed by atoms with van der Waals surface area (Å²) in [6, 6.07) is 0. The van der Waals surface area contributed by atoms with Crippen LogP contribution in [0.2, 0.25) is 0 Å². The second kappa shape index (κ2) is 5.76. The maximum absolute atomic E-state index is 11.9. The Morgan fingerprint density at radius 2 is 1.95 bits per heavy atom. The van der Waals surface area contributed by atoms with Gasteiger partial charge in [-0.25, -0.2) is 19.9 Å². The first kappa shape index (κ1) is 13.9. The fourth-order valence-corrected chi connectivity index (χ4v) is 2.53. The van der Waals surface area contributed by atoms with E-state index in [2.05, 4.69) is 19.9 Å². The molecule has 0 atom stereocenters. The number of halogens is 1. The third-order valence-electron chi connectivity index (χ3n) is 3.09. The Morgan fingerprint density at radius 3 is 2.81 bits per heavy atom. The zero-order valence-electron chi connectivity index (χ0n) is 11.0. The van der Waals surface area contributed by atoms with Crippen LogP contribution in [-0.4, -0.2) is 29.1 Å². The predicted octanol–water partition coefficient (Wildman–Crippen LogP) is 0.660. The van der Waals surface area contributed by atoms with Gasteiger partial charge < -0.3 is 10.3 Å². The highest BCUT2D eigenvalue weighted by Crippen LogP contribution is 2.14. The number of rotatable bonds is 4. The molecule has 9 heteroatoms. The van der Waals surface area contributed by atoms with E-state index in [0.717, 1.165) is 6.42 Å². The average Bonchev–Trinajstić information content (AvgIpc) is 2.88. The Morgan fingerprint density at radius 1 is 1.14 bits per heavy atom. The molecule has 3 aromatic heterocycles. The van der Waals surface area contributed by atoms with Gasteiger partial charge in [-0.3, -0.25) is 9.36 Å². The SMILES string of the molecule is Nc1ncnc2c1ncn2CCCn1cncc(I)c1=O. The highest BCUT2D eigenvalue weighted by molar-refractivity contribution is 14.1. The van der Waals surface area contributed by atoms with E-state index in [-0.39, 0.29) is 5.56 Å². The summed E-state index contributed by atoms with van der Waals surface area (Å²) in [5, 5.41) is 0. The summed E-state index contributed by atoms with van der Waals surface area (Å²) < 4.78 is 4.12. The molecule has 0 saturated heterocycles. The van der Waals surface area contributed by atoms with Crippen LogP contribution in [0.5, 0.6) is 0 Å². The summed E-state index contributed by atoms with van der Waals surface area (Å²) in [7, 11) is 0. The molecule has 0 radical (unpaired) electrons. The van der Waals surface area contributed by atoms with Gasteiger partial charge in [0.15, 0.2) is 11.5 Å². The van der Waals surface area contributed by atoms with Crippen LogP contribution in [0.1, 0.15) is 6.42 Å². The molecular weight excluding hydrogens is 385 g/mol. The predicted molar refractivity (Wildman–Crippen MR) is 85.6 cm³/mol. The summed E-state index contributed by atoms with van der Waals surface area (Å²) in [6.45, 7) is 1.27. The number of nitrogens with zero attached hydrogens (tertiary/aromatic N) is 6. The number of aromatic nitrogens is 6. The molecule has 108 valence electrons. The number of hydrogen-bond acceptors (Lipinski definition) is 6. The minimum atomic E-state index is -0.0207. The van der Waals surface area contributed by atoms with Crippen molar-refractivity contribution in [3.8, 4) is 0 Å². The average molecular weight is 397 g/mol. The standard InChI is InChI=1S/C12H12IN7O/c13-8-4-15-6-20(12(8)21)3-1-2-19-7-18-9-10(14)16-5-17-11(9)19/h4-7H,1-3H2,(H2,14,16,17). The zero-order valence-corrected chi connectivity index (χ0v) is 13.1. The van der Waals surface area contributed by atoms with Crippen molar-refractivity contribution >= 4 is 39.6 Å². The Balaban J connectivity index is 1.74. The maximum atomic E-state index is 11.9. The number of aryl methyl sites for hydroxylation is 2. The third kappa shape index (κ3) is 2.73. The van der Waals surface area contributed by atoms with Gasteiger partial charge in [0.1, 0.15) is 11.8 Å². The van der Waals surface area contributed by atoms with Crippen LogP contribution in [-0.2, 0) is 13.1 Å². The third-order valence-corrected chi connectivity index (χ3v) is 3.83. The van der Waals surface area contributed by atoms with Crippen molar-refractivity contribution in [2.75, 3.05) is 5.73 Å². The molecule has 0 saturated carbocycles. The highest BCUT2D eigenvalue weighted by Gasteiger charge is 2.07. The fourth-order valence-electron chi connectivity index (χ4n) is 2.06. The lowest BCUT2D eigenvalue weighted by molar-refractivity contribution is 0.551. The van der Waals surface area contributed by atoms with Crippen molar-refractivity contribution < 1.29 is 0 Å². The number of fused-ring (bicyclic) bond motifs is 1. The van der Waals surface area contributed by atoms with Crippen molar-refractivity contribution in [1.29, 1.82) is 0 Å². The van der Waals surface area contributed by atoms with Gasteiger partial charge in [0.25, 0.3) is 5.56 Å². The molecule has 2 N–H and O–H groups in total. The minimum absolute atomic E-state index is 0.0207. The quantitative estimate of drug-likeness (QED) is 0.649. The summed E-state index contributed by atoms with van der Waals surface area (Å²) in [6.07, 6.45) is 6.98. The van der Waals surface area contributed by atoms with E-state index in [1.54, 1.807) is 23.4 Å². The van der Waals surface area contributed by atoms with Crippen LogP contribution in [0.25, 0.3) is 11.2 Å². The molecule has 21 heavy (non-hydrogen) atoms. The number of imidazole rings is 1. The molecule has 0 aliphatic carbocycles. The Bertz CT molecular complexity index is 841. The molecule has 0 aromatic carbocycles. The van der Waals surface area contributed by atoms with Gasteiger partial charge in [0.2, 0.25) is 0 Å². The van der Waals surface area contributed by atoms with Crippen LogP contribution in [0.15, 0.2) is 30.0 Å². The molecule has 0 unspecified atom stereocenters. The number of nitrogens with two attached hydrogens (primary N) is 1. The van der Waals surface area contributed by atoms with E-state index in [9.17, 15) is 4.79 Å². The fraction of sp³-hybridized carbons (Fsp3) is 0.250. The topological polar surface area (TPSA) is 105 Å². The Kier molecular flexibility index (Phi) is 3.82. The van der Waals surface area contributed by atoms with Crippen LogP contribution in [0.4, 0.5) is 5.82 Å². The first-order valence-corrected chi connectivity index (χ1v) is 7.36. The largest absolute Gasteiger partial charge is 0.382 e. The summed E-state index contributed by atoms with van der Waals surface area (Å²) in [5.41, 5.74) is 7.03. The molecule has 0 spiro atoms. The molecule has 8 nitrogen and oxygen atoms in total. The molecule has 3 heterocycles. The molecule has 0 fully saturated rings. The second-order valence-corrected chi connectivity index (χ2v) is 5.62. The Labute approximate surface area is 133 Å². The monoisotopic (exact) mass is 397 g/mol. The molecule has 0 bridgehead atoms. The minimum Gasteiger partial charge on any atom is -0.382 e. The lowest BCUT2D eigenvalue weighted by atomic mass is 10.4. The first-order chi connectivity index (χ1) is 10.2. The lowest BCUT2D eigenvalue weighted by Gasteiger charge is -2.06. The van der Waals surface area contributed by atoms with Crippen molar-refractivity contribution in [3.63, 3.8) is 0 Å². The van der Waals surface area contributed by atoms with E-state index in [0.29, 0.717) is 33.6 Å². The Hall–Kier alpha value is -2.04. The highest BCUT2D eigenvalue weighted by atomic mass is 127. The van der Waals surface area contributed by atoms with E-state index in [1.165, 1.54) is 6.33 Å². The van der Waals surface area contributed by atoms with Crippen molar-refractivity contribution in [2.24, 2.45) is 0 Å². The zero-order chi connectivity index (χ0) is 14.8. The first-order valence-electron chi connectivity index (χ1n) is 6.28. The van der Waals surface area contributed by atoms with Crippen molar-refractivity contribution in [3.05, 3.63) is 39.1 Å². The van der Waals surface area contributed by atoms with Crippen LogP contribution in [0, 0.1) is 3.57 Å². The number of hydrogen-bond donors (Lipinski definition) is 1. The molecule has 3 rings (SSSR count). The van der Waals surface area contributed by atoms with E-state index in [1.807, 2.05) is 27.2 Å². The number of nitrogen functional groups attached to an aromatic ring is 1. The van der Waals surface area contributed by atoms with E-state index in [4.69, 9.17) is 5.73 Å². The van der Waals surface area contributed by atoms with Gasteiger partial charge in [-0.15, -0.1) is 0 Å². The molecule has 0 aliphatic rings. The van der Waals surface area contributed by atoms with Crippen molar-refractivity contribution in [2.45, 2.75) is 19.5 Å². The van der Waals surface area contributed by atoms with Crippen molar-refractivity contribution in [1.82, 2.24) is 29.1 Å². The normalized spacial score (nSPS) is 11.1. The van der Waals surface area contributed by atoms with Gasteiger partial charge >= 0.3 is 0 Å². The lowest BCUT2D eigenvalue weighted by Crippen LogP contribution is -2.23. The van der Waals surface area contributed by atoms with Gasteiger partial charge in [-0.1, -0.05) is 0 Å². The van der Waals surface area contributed by atoms with Gasteiger partial charge in [-0.2, -0.15) is 0 Å². The second-order valence-electron chi connectivity index (χ2n) is 4.46. The summed E-state index contributed by atoms with van der Waals surface area (Å²) in [5.74, 6) is 0.372.